The highest BCUT2D eigenvalue weighted by atomic mass is 16.2. The van der Waals surface area contributed by atoms with Gasteiger partial charge in [0.25, 0.3) is 5.91 Å². The number of rotatable bonds is 1. The first kappa shape index (κ1) is 16.3. The van der Waals surface area contributed by atoms with Crippen LogP contribution in [0, 0.1) is 0 Å². The van der Waals surface area contributed by atoms with Gasteiger partial charge in [-0.1, -0.05) is 0 Å². The molecule has 0 aliphatic carbocycles. The van der Waals surface area contributed by atoms with E-state index in [1.54, 1.807) is 9.80 Å². The summed E-state index contributed by atoms with van der Waals surface area (Å²) in [6.45, 7) is 7.73. The van der Waals surface area contributed by atoms with Crippen LogP contribution in [0.4, 0.5) is 4.79 Å². The highest BCUT2D eigenvalue weighted by molar-refractivity contribution is 6.39. The van der Waals surface area contributed by atoms with E-state index in [0.29, 0.717) is 44.7 Å². The van der Waals surface area contributed by atoms with Gasteiger partial charge in [0.05, 0.1) is 0 Å². The van der Waals surface area contributed by atoms with Gasteiger partial charge in [-0.2, -0.15) is 5.10 Å². The Hall–Kier alpha value is -2.12. The lowest BCUT2D eigenvalue weighted by molar-refractivity contribution is -0.125. The zero-order chi connectivity index (χ0) is 16.3. The summed E-state index contributed by atoms with van der Waals surface area (Å²) in [6.07, 6.45) is 0.661. The van der Waals surface area contributed by atoms with E-state index in [0.717, 1.165) is 0 Å². The van der Waals surface area contributed by atoms with Gasteiger partial charge in [0.15, 0.2) is 0 Å². The molecule has 0 spiro atoms. The van der Waals surface area contributed by atoms with Crippen LogP contribution in [-0.4, -0.2) is 65.1 Å². The monoisotopic (exact) mass is 309 g/mol. The van der Waals surface area contributed by atoms with Crippen LogP contribution in [0.2, 0.25) is 0 Å². The molecule has 0 saturated carbocycles. The molecule has 0 atom stereocenters. The summed E-state index contributed by atoms with van der Waals surface area (Å²) in [4.78, 5) is 38.8. The number of piperazine rings is 1. The highest BCUT2D eigenvalue weighted by Crippen LogP contribution is 2.09. The van der Waals surface area contributed by atoms with Gasteiger partial charge >= 0.3 is 6.03 Å². The number of hydrazone groups is 1. The SMILES string of the molecule is CC(C)(C)NC(=O)N1CCN(C(=O)C2=NNC(=O)CC2)CC1. The van der Waals surface area contributed by atoms with E-state index in [1.165, 1.54) is 0 Å². The van der Waals surface area contributed by atoms with Gasteiger partial charge in [0.1, 0.15) is 5.71 Å². The predicted octanol–water partition coefficient (Wildman–Crippen LogP) is -0.0953. The largest absolute Gasteiger partial charge is 0.334 e. The second-order valence-corrected chi connectivity index (χ2v) is 6.55. The summed E-state index contributed by atoms with van der Waals surface area (Å²) < 4.78 is 0. The van der Waals surface area contributed by atoms with Crippen LogP contribution in [-0.2, 0) is 9.59 Å². The number of nitrogens with one attached hydrogen (secondary N) is 2. The smallest absolute Gasteiger partial charge is 0.317 e. The van der Waals surface area contributed by atoms with E-state index in [4.69, 9.17) is 0 Å². The Morgan fingerprint density at radius 2 is 1.68 bits per heavy atom. The van der Waals surface area contributed by atoms with Crippen molar-refractivity contribution in [3.05, 3.63) is 0 Å². The van der Waals surface area contributed by atoms with Crippen LogP contribution in [0.3, 0.4) is 0 Å². The Morgan fingerprint density at radius 3 is 2.18 bits per heavy atom. The molecule has 2 aliphatic heterocycles. The van der Waals surface area contributed by atoms with Crippen LogP contribution in [0.1, 0.15) is 33.6 Å². The number of carbonyl (C=O) groups excluding carboxylic acids is 3. The minimum absolute atomic E-state index is 0.109. The summed E-state index contributed by atoms with van der Waals surface area (Å²) in [5.41, 5.74) is 2.43. The second kappa shape index (κ2) is 6.33. The van der Waals surface area contributed by atoms with Crippen LogP contribution >= 0.6 is 0 Å². The third-order valence-electron chi connectivity index (χ3n) is 3.49. The molecule has 1 fully saturated rings. The minimum atomic E-state index is -0.279. The fraction of sp³-hybridized carbons (Fsp3) is 0.714. The lowest BCUT2D eigenvalue weighted by Crippen LogP contribution is -2.57. The predicted molar refractivity (Wildman–Crippen MR) is 81.2 cm³/mol. The molecule has 0 radical (unpaired) electrons. The zero-order valence-corrected chi connectivity index (χ0v) is 13.3. The first-order chi connectivity index (χ1) is 10.3. The molecule has 1 saturated heterocycles. The van der Waals surface area contributed by atoms with Gasteiger partial charge in [-0.3, -0.25) is 9.59 Å². The van der Waals surface area contributed by atoms with E-state index in [1.807, 2.05) is 20.8 Å². The van der Waals surface area contributed by atoms with Gasteiger partial charge in [-0.05, 0) is 20.8 Å². The fourth-order valence-electron chi connectivity index (χ4n) is 2.32. The van der Waals surface area contributed by atoms with Crippen molar-refractivity contribution < 1.29 is 14.4 Å². The molecule has 0 aromatic carbocycles. The standard InChI is InChI=1S/C14H23N5O3/c1-14(2,3)15-13(22)19-8-6-18(7-9-19)12(21)10-4-5-11(20)17-16-10/h4-9H2,1-3H3,(H,15,22)(H,17,20). The van der Waals surface area contributed by atoms with Crippen molar-refractivity contribution in [2.24, 2.45) is 5.10 Å². The summed E-state index contributed by atoms with van der Waals surface area (Å²) in [6, 6.07) is -0.109. The van der Waals surface area contributed by atoms with Crippen LogP contribution in [0.5, 0.6) is 0 Å². The molecule has 22 heavy (non-hydrogen) atoms. The maximum Gasteiger partial charge on any atom is 0.317 e. The van der Waals surface area contributed by atoms with Gasteiger partial charge in [-0.25, -0.2) is 10.2 Å². The van der Waals surface area contributed by atoms with Gasteiger partial charge in [0.2, 0.25) is 5.91 Å². The molecule has 0 aromatic rings. The van der Waals surface area contributed by atoms with E-state index in [2.05, 4.69) is 15.8 Å². The number of nitrogens with zero attached hydrogens (tertiary/aromatic N) is 3. The number of amides is 4. The number of hydrogen-bond acceptors (Lipinski definition) is 4. The van der Waals surface area contributed by atoms with Crippen LogP contribution in [0.15, 0.2) is 5.10 Å². The Morgan fingerprint density at radius 1 is 1.09 bits per heavy atom. The Bertz CT molecular complexity index is 501. The number of hydrogen-bond donors (Lipinski definition) is 2. The molecule has 2 N–H and O–H groups in total. The lowest BCUT2D eigenvalue weighted by atomic mass is 10.1. The molecule has 2 rings (SSSR count). The van der Waals surface area contributed by atoms with Crippen molar-refractivity contribution in [3.8, 4) is 0 Å². The maximum absolute atomic E-state index is 12.3. The van der Waals surface area contributed by atoms with E-state index in [9.17, 15) is 14.4 Å². The van der Waals surface area contributed by atoms with E-state index in [-0.39, 0.29) is 23.4 Å². The lowest BCUT2D eigenvalue weighted by Gasteiger charge is -2.36. The molecule has 0 bridgehead atoms. The minimum Gasteiger partial charge on any atom is -0.334 e. The van der Waals surface area contributed by atoms with Crippen molar-refractivity contribution in [3.63, 3.8) is 0 Å². The zero-order valence-electron chi connectivity index (χ0n) is 13.3. The first-order valence-corrected chi connectivity index (χ1v) is 7.48. The van der Waals surface area contributed by atoms with Crippen molar-refractivity contribution >= 4 is 23.6 Å². The quantitative estimate of drug-likeness (QED) is 0.708. The van der Waals surface area contributed by atoms with Crippen molar-refractivity contribution in [1.82, 2.24) is 20.5 Å². The normalized spacial score (nSPS) is 19.4. The molecule has 8 heteroatoms. The van der Waals surface area contributed by atoms with Gasteiger partial charge in [-0.15, -0.1) is 0 Å². The molecule has 4 amide bonds. The topological polar surface area (TPSA) is 94.1 Å². The van der Waals surface area contributed by atoms with E-state index < -0.39 is 0 Å². The molecule has 2 aliphatic rings. The van der Waals surface area contributed by atoms with Crippen molar-refractivity contribution in [2.75, 3.05) is 26.2 Å². The van der Waals surface area contributed by atoms with Gasteiger partial charge in [0, 0.05) is 44.6 Å². The molecule has 122 valence electrons. The second-order valence-electron chi connectivity index (χ2n) is 6.55. The summed E-state index contributed by atoms with van der Waals surface area (Å²) in [7, 11) is 0. The van der Waals surface area contributed by atoms with Gasteiger partial charge < -0.3 is 15.1 Å². The van der Waals surface area contributed by atoms with Crippen molar-refractivity contribution in [2.45, 2.75) is 39.2 Å². The fourth-order valence-corrected chi connectivity index (χ4v) is 2.32. The average molecular weight is 309 g/mol. The van der Waals surface area contributed by atoms with Crippen molar-refractivity contribution in [1.29, 1.82) is 0 Å². The van der Waals surface area contributed by atoms with Crippen LogP contribution in [0.25, 0.3) is 0 Å². The summed E-state index contributed by atoms with van der Waals surface area (Å²) >= 11 is 0. The van der Waals surface area contributed by atoms with Crippen LogP contribution < -0.4 is 10.7 Å². The molecule has 8 nitrogen and oxygen atoms in total. The Balaban J connectivity index is 1.85. The molecule has 0 unspecified atom stereocenters. The van der Waals surface area contributed by atoms with E-state index >= 15 is 0 Å². The Labute approximate surface area is 129 Å². The third kappa shape index (κ3) is 4.19. The number of urea groups is 1. The first-order valence-electron chi connectivity index (χ1n) is 7.48. The molecule has 2 heterocycles. The highest BCUT2D eigenvalue weighted by Gasteiger charge is 2.29. The summed E-state index contributed by atoms with van der Waals surface area (Å²) in [5.74, 6) is -0.323. The Kier molecular flexibility index (Phi) is 4.68. The number of carbonyl (C=O) groups is 3. The third-order valence-corrected chi connectivity index (χ3v) is 3.49. The summed E-state index contributed by atoms with van der Waals surface area (Å²) in [5, 5.41) is 6.73. The molecule has 0 aromatic heterocycles. The molecular weight excluding hydrogens is 286 g/mol. The molecular formula is C14H23N5O3. The maximum atomic E-state index is 12.3. The average Bonchev–Trinajstić information content (AvgIpc) is 2.46.